The van der Waals surface area contributed by atoms with Crippen molar-refractivity contribution in [1.29, 1.82) is 0 Å². The molecule has 190 valence electrons. The van der Waals surface area contributed by atoms with Crippen LogP contribution in [-0.4, -0.2) is 28.1 Å². The number of carbonyl (C=O) groups excluding carboxylic acids is 1. The first-order valence-electron chi connectivity index (χ1n) is 13.7. The monoisotopic (exact) mass is 470 g/mol. The first-order chi connectivity index (χ1) is 15.6. The molecule has 0 amide bonds. The number of aliphatic hydroxyl groups excluding tert-OH is 1. The van der Waals surface area contributed by atoms with Crippen molar-refractivity contribution in [3.05, 3.63) is 11.6 Å². The van der Waals surface area contributed by atoms with Crippen molar-refractivity contribution in [3.8, 4) is 0 Å². The van der Waals surface area contributed by atoms with Crippen molar-refractivity contribution in [2.45, 2.75) is 112 Å². The van der Waals surface area contributed by atoms with Crippen molar-refractivity contribution >= 4 is 11.8 Å². The smallest absolute Gasteiger partial charge is 0.309 e. The number of rotatable bonds is 1. The molecule has 0 heterocycles. The first-order valence-corrected chi connectivity index (χ1v) is 13.7. The summed E-state index contributed by atoms with van der Waals surface area (Å²) in [4.78, 5) is 26.4. The van der Waals surface area contributed by atoms with Crippen LogP contribution < -0.4 is 0 Å². The Morgan fingerprint density at radius 1 is 0.912 bits per heavy atom. The third kappa shape index (κ3) is 2.81. The van der Waals surface area contributed by atoms with Crippen LogP contribution >= 0.6 is 0 Å². The zero-order chi connectivity index (χ0) is 25.1. The molecular formula is C30H46O4. The summed E-state index contributed by atoms with van der Waals surface area (Å²) in [6.07, 6.45) is 9.95. The van der Waals surface area contributed by atoms with Crippen molar-refractivity contribution in [2.24, 2.45) is 50.2 Å². The van der Waals surface area contributed by atoms with E-state index in [4.69, 9.17) is 0 Å². The van der Waals surface area contributed by atoms with Gasteiger partial charge in [0.2, 0.25) is 0 Å². The predicted octanol–water partition coefficient (Wildman–Crippen LogP) is 6.41. The average molecular weight is 471 g/mol. The molecule has 0 bridgehead atoms. The van der Waals surface area contributed by atoms with Crippen LogP contribution in [0.15, 0.2) is 11.6 Å². The summed E-state index contributed by atoms with van der Waals surface area (Å²) in [7, 11) is 0. The Bertz CT molecular complexity index is 965. The van der Waals surface area contributed by atoms with Crippen LogP contribution in [-0.2, 0) is 9.59 Å². The minimum atomic E-state index is -0.711. The predicted molar refractivity (Wildman–Crippen MR) is 133 cm³/mol. The Kier molecular flexibility index (Phi) is 5.04. The third-order valence-corrected chi connectivity index (χ3v) is 13.1. The minimum absolute atomic E-state index is 0.0296. The normalized spacial score (nSPS) is 54.1. The van der Waals surface area contributed by atoms with E-state index in [1.165, 1.54) is 5.57 Å². The van der Waals surface area contributed by atoms with E-state index >= 15 is 0 Å². The number of aliphatic carboxylic acids is 1. The summed E-state index contributed by atoms with van der Waals surface area (Å²) in [5, 5.41) is 20.9. The van der Waals surface area contributed by atoms with Crippen LogP contribution in [0.4, 0.5) is 0 Å². The number of allylic oxidation sites excluding steroid dienone is 2. The van der Waals surface area contributed by atoms with Gasteiger partial charge in [-0.25, -0.2) is 0 Å². The van der Waals surface area contributed by atoms with Gasteiger partial charge in [-0.2, -0.15) is 0 Å². The Balaban J connectivity index is 1.62. The molecule has 5 aliphatic carbocycles. The number of ketones is 1. The summed E-state index contributed by atoms with van der Waals surface area (Å²) in [5.41, 5.74) is 0.142. The number of aliphatic hydroxyl groups is 1. The maximum Gasteiger partial charge on any atom is 0.309 e. The second-order valence-corrected chi connectivity index (χ2v) is 14.9. The first kappa shape index (κ1) is 24.5. The maximum atomic E-state index is 14.2. The van der Waals surface area contributed by atoms with Gasteiger partial charge in [0, 0.05) is 5.92 Å². The van der Waals surface area contributed by atoms with Crippen molar-refractivity contribution in [2.75, 3.05) is 0 Å². The molecule has 0 saturated heterocycles. The molecule has 0 aromatic rings. The largest absolute Gasteiger partial charge is 0.481 e. The van der Waals surface area contributed by atoms with Crippen LogP contribution in [0.5, 0.6) is 0 Å². The highest BCUT2D eigenvalue weighted by molar-refractivity contribution is 5.95. The zero-order valence-corrected chi connectivity index (χ0v) is 22.5. The van der Waals surface area contributed by atoms with E-state index in [1.54, 1.807) is 0 Å². The lowest BCUT2D eigenvalue weighted by atomic mass is 9.33. The molecule has 9 atom stereocenters. The van der Waals surface area contributed by atoms with Crippen molar-refractivity contribution in [3.63, 3.8) is 0 Å². The van der Waals surface area contributed by atoms with Gasteiger partial charge in [-0.05, 0) is 110 Å². The molecule has 2 N–H and O–H groups in total. The number of carboxylic acids is 1. The van der Waals surface area contributed by atoms with Crippen LogP contribution in [0.3, 0.4) is 0 Å². The van der Waals surface area contributed by atoms with Crippen LogP contribution in [0.2, 0.25) is 0 Å². The number of fused-ring (bicyclic) bond motifs is 7. The summed E-state index contributed by atoms with van der Waals surface area (Å²) in [5.74, 6) is 0.0603. The van der Waals surface area contributed by atoms with E-state index in [0.29, 0.717) is 12.3 Å². The zero-order valence-electron chi connectivity index (χ0n) is 22.5. The highest BCUT2D eigenvalue weighted by Crippen LogP contribution is 2.75. The number of carbonyl (C=O) groups is 2. The summed E-state index contributed by atoms with van der Waals surface area (Å²) < 4.78 is 0. The van der Waals surface area contributed by atoms with Gasteiger partial charge in [0.1, 0.15) is 0 Å². The molecule has 0 aliphatic heterocycles. The van der Waals surface area contributed by atoms with E-state index in [0.717, 1.165) is 51.4 Å². The minimum Gasteiger partial charge on any atom is -0.481 e. The molecule has 4 saturated carbocycles. The molecule has 4 nitrogen and oxygen atoms in total. The number of carboxylic acid groups (broad SMARTS) is 1. The lowest BCUT2D eigenvalue weighted by molar-refractivity contribution is -0.202. The molecule has 4 fully saturated rings. The third-order valence-electron chi connectivity index (χ3n) is 13.1. The van der Waals surface area contributed by atoms with Crippen LogP contribution in [0.1, 0.15) is 106 Å². The Labute approximate surface area is 206 Å². The molecule has 3 unspecified atom stereocenters. The van der Waals surface area contributed by atoms with Gasteiger partial charge in [0.15, 0.2) is 5.78 Å². The molecule has 0 spiro atoms. The summed E-state index contributed by atoms with van der Waals surface area (Å²) in [6, 6.07) is 0. The second-order valence-electron chi connectivity index (χ2n) is 14.9. The maximum absolute atomic E-state index is 14.2. The summed E-state index contributed by atoms with van der Waals surface area (Å²) in [6.45, 7) is 15.8. The summed E-state index contributed by atoms with van der Waals surface area (Å²) >= 11 is 0. The fourth-order valence-corrected chi connectivity index (χ4v) is 10.4. The molecule has 0 aromatic carbocycles. The number of hydrogen-bond acceptors (Lipinski definition) is 3. The molecule has 0 aromatic heterocycles. The van der Waals surface area contributed by atoms with Crippen LogP contribution in [0, 0.1) is 50.2 Å². The lowest BCUT2D eigenvalue weighted by Gasteiger charge is -2.70. The standard InChI is InChI=1S/C30H46O4/c1-25(2)21-8-11-30(7)23(28(21,5)10-9-22(25)32)20(31)16-18-19-17-27(4,24(33)34)13-12-26(19,3)14-15-29(18,30)6/h16,19,21-23,32H,8-15,17H2,1-7H3,(H,33,34)/t19-,21?,22?,23+,26+,27?,28-,29+,30+/m0/s1. The van der Waals surface area contributed by atoms with Gasteiger partial charge in [0.05, 0.1) is 11.5 Å². The highest BCUT2D eigenvalue weighted by atomic mass is 16.4. The molecule has 34 heavy (non-hydrogen) atoms. The van der Waals surface area contributed by atoms with Crippen molar-refractivity contribution < 1.29 is 19.8 Å². The molecule has 4 heteroatoms. The lowest BCUT2D eigenvalue weighted by Crippen LogP contribution is -2.66. The Morgan fingerprint density at radius 3 is 2.21 bits per heavy atom. The molecule has 5 aliphatic rings. The Morgan fingerprint density at radius 2 is 1.56 bits per heavy atom. The van der Waals surface area contributed by atoms with Gasteiger partial charge in [-0.15, -0.1) is 0 Å². The molecule has 5 rings (SSSR count). The fourth-order valence-electron chi connectivity index (χ4n) is 10.4. The molecular weight excluding hydrogens is 424 g/mol. The van der Waals surface area contributed by atoms with E-state index in [9.17, 15) is 19.8 Å². The van der Waals surface area contributed by atoms with Gasteiger partial charge in [-0.1, -0.05) is 47.1 Å². The highest BCUT2D eigenvalue weighted by Gasteiger charge is 2.70. The molecule has 0 radical (unpaired) electrons. The second kappa shape index (κ2) is 6.99. The quantitative estimate of drug-likeness (QED) is 0.464. The van der Waals surface area contributed by atoms with Gasteiger partial charge < -0.3 is 10.2 Å². The van der Waals surface area contributed by atoms with E-state index in [1.807, 2.05) is 13.0 Å². The van der Waals surface area contributed by atoms with Crippen molar-refractivity contribution in [1.82, 2.24) is 0 Å². The van der Waals surface area contributed by atoms with Gasteiger partial charge in [0.25, 0.3) is 0 Å². The van der Waals surface area contributed by atoms with E-state index in [2.05, 4.69) is 41.5 Å². The SMILES string of the molecule is CC1(C(=O)O)CC[C@]2(C)CC[C@]3(C)C(=CC(=O)[C@@H]4[C@@]5(C)CCC(O)C(C)(C)C5CC[C@]43C)[C@@H]2C1. The van der Waals surface area contributed by atoms with Gasteiger partial charge >= 0.3 is 5.97 Å². The number of hydrogen-bond donors (Lipinski definition) is 2. The van der Waals surface area contributed by atoms with Gasteiger partial charge in [-0.3, -0.25) is 9.59 Å². The average Bonchev–Trinajstić information content (AvgIpc) is 2.73. The van der Waals surface area contributed by atoms with E-state index in [-0.39, 0.29) is 50.8 Å². The van der Waals surface area contributed by atoms with Crippen LogP contribution in [0.25, 0.3) is 0 Å². The fraction of sp³-hybridized carbons (Fsp3) is 0.867. The van der Waals surface area contributed by atoms with E-state index < -0.39 is 11.4 Å². The Hall–Kier alpha value is -1.16. The topological polar surface area (TPSA) is 74.6 Å².